The molecule has 2 heterocycles. The second-order valence-corrected chi connectivity index (χ2v) is 4.71. The highest BCUT2D eigenvalue weighted by atomic mass is 32.1. The van der Waals surface area contributed by atoms with Crippen LogP contribution in [0.1, 0.15) is 28.3 Å². The van der Waals surface area contributed by atoms with Gasteiger partial charge in [-0.25, -0.2) is 4.98 Å². The molecule has 1 unspecified atom stereocenters. The van der Waals surface area contributed by atoms with E-state index in [0.717, 1.165) is 17.7 Å². The molecule has 0 aliphatic carbocycles. The van der Waals surface area contributed by atoms with Crippen molar-refractivity contribution < 1.29 is 4.79 Å². The average Bonchev–Trinajstić information content (AvgIpc) is 2.77. The molecule has 1 aliphatic rings. The van der Waals surface area contributed by atoms with Crippen LogP contribution in [-0.4, -0.2) is 35.8 Å². The van der Waals surface area contributed by atoms with Crippen LogP contribution in [0.2, 0.25) is 0 Å². The number of hydrogen-bond acceptors (Lipinski definition) is 4. The van der Waals surface area contributed by atoms with E-state index in [1.807, 2.05) is 5.38 Å². The number of thiazole rings is 1. The average molecular weight is 210 g/mol. The molecule has 1 aliphatic heterocycles. The first-order valence-corrected chi connectivity index (χ1v) is 5.77. The highest BCUT2D eigenvalue weighted by Gasteiger charge is 2.21. The van der Waals surface area contributed by atoms with Crippen LogP contribution in [-0.2, 0) is 6.42 Å². The van der Waals surface area contributed by atoms with Crippen molar-refractivity contribution >= 4 is 17.6 Å². The lowest BCUT2D eigenvalue weighted by molar-refractivity contribution is 0.111. The summed E-state index contributed by atoms with van der Waals surface area (Å²) in [7, 11) is 2.16. The number of aldehydes is 1. The van der Waals surface area contributed by atoms with Crippen molar-refractivity contribution in [3.63, 3.8) is 0 Å². The second kappa shape index (κ2) is 4.19. The third-order valence-corrected chi connectivity index (χ3v) is 3.66. The minimum atomic E-state index is 0.575. The summed E-state index contributed by atoms with van der Waals surface area (Å²) in [6.07, 6.45) is 4.35. The van der Waals surface area contributed by atoms with Gasteiger partial charge in [-0.15, -0.1) is 11.3 Å². The SMILES string of the molecule is CN1CCCC1Cc1nc(C=O)cs1. The van der Waals surface area contributed by atoms with E-state index >= 15 is 0 Å². The lowest BCUT2D eigenvalue weighted by Crippen LogP contribution is -2.26. The summed E-state index contributed by atoms with van der Waals surface area (Å²) >= 11 is 1.59. The summed E-state index contributed by atoms with van der Waals surface area (Å²) in [6.45, 7) is 1.19. The van der Waals surface area contributed by atoms with Crippen LogP contribution >= 0.6 is 11.3 Å². The fourth-order valence-electron chi connectivity index (χ4n) is 1.91. The minimum Gasteiger partial charge on any atom is -0.303 e. The number of likely N-dealkylation sites (N-methyl/N-ethyl adjacent to an activating group) is 1. The topological polar surface area (TPSA) is 33.2 Å². The fraction of sp³-hybridized carbons (Fsp3) is 0.600. The van der Waals surface area contributed by atoms with E-state index in [1.54, 1.807) is 11.3 Å². The maximum absolute atomic E-state index is 10.5. The van der Waals surface area contributed by atoms with Gasteiger partial charge in [0, 0.05) is 17.8 Å². The Morgan fingerprint density at radius 1 is 1.79 bits per heavy atom. The van der Waals surface area contributed by atoms with Crippen LogP contribution in [0.15, 0.2) is 5.38 Å². The van der Waals surface area contributed by atoms with Crippen molar-refractivity contribution in [2.75, 3.05) is 13.6 Å². The summed E-state index contributed by atoms with van der Waals surface area (Å²) in [5, 5.41) is 2.92. The van der Waals surface area contributed by atoms with Gasteiger partial charge in [0.1, 0.15) is 5.69 Å². The summed E-state index contributed by atoms with van der Waals surface area (Å²) in [4.78, 5) is 17.1. The van der Waals surface area contributed by atoms with Gasteiger partial charge in [-0.2, -0.15) is 0 Å². The van der Waals surface area contributed by atoms with Gasteiger partial charge in [-0.05, 0) is 26.4 Å². The van der Waals surface area contributed by atoms with Gasteiger partial charge in [0.2, 0.25) is 0 Å². The Morgan fingerprint density at radius 3 is 3.21 bits per heavy atom. The van der Waals surface area contributed by atoms with E-state index in [1.165, 1.54) is 19.4 Å². The van der Waals surface area contributed by atoms with Crippen molar-refractivity contribution in [2.45, 2.75) is 25.3 Å². The number of nitrogens with zero attached hydrogens (tertiary/aromatic N) is 2. The van der Waals surface area contributed by atoms with Gasteiger partial charge >= 0.3 is 0 Å². The molecule has 0 aromatic carbocycles. The largest absolute Gasteiger partial charge is 0.303 e. The first-order valence-electron chi connectivity index (χ1n) is 4.89. The zero-order chi connectivity index (χ0) is 9.97. The Bertz CT molecular complexity index is 324. The van der Waals surface area contributed by atoms with Crippen LogP contribution in [0.4, 0.5) is 0 Å². The first kappa shape index (κ1) is 9.80. The summed E-state index contributed by atoms with van der Waals surface area (Å²) in [5.41, 5.74) is 0.575. The maximum atomic E-state index is 10.5. The number of rotatable bonds is 3. The van der Waals surface area contributed by atoms with E-state index in [-0.39, 0.29) is 0 Å². The fourth-order valence-corrected chi connectivity index (χ4v) is 2.72. The van der Waals surface area contributed by atoms with E-state index in [4.69, 9.17) is 0 Å². The van der Waals surface area contributed by atoms with E-state index in [0.29, 0.717) is 11.7 Å². The van der Waals surface area contributed by atoms with Crippen molar-refractivity contribution in [3.05, 3.63) is 16.1 Å². The molecule has 0 amide bonds. The molecule has 0 N–H and O–H groups in total. The molecule has 0 saturated carbocycles. The van der Waals surface area contributed by atoms with Crippen LogP contribution in [0.3, 0.4) is 0 Å². The smallest absolute Gasteiger partial charge is 0.169 e. The maximum Gasteiger partial charge on any atom is 0.169 e. The Hall–Kier alpha value is -0.740. The standard InChI is InChI=1S/C10H14N2OS/c1-12-4-2-3-9(12)5-10-11-8(6-13)7-14-10/h6-7,9H,2-5H2,1H3. The van der Waals surface area contributed by atoms with Crippen LogP contribution in [0, 0.1) is 0 Å². The predicted molar refractivity (Wildman–Crippen MR) is 56.9 cm³/mol. The zero-order valence-corrected chi connectivity index (χ0v) is 9.09. The van der Waals surface area contributed by atoms with Crippen molar-refractivity contribution in [1.29, 1.82) is 0 Å². The van der Waals surface area contributed by atoms with Crippen LogP contribution < -0.4 is 0 Å². The predicted octanol–water partition coefficient (Wildman–Crippen LogP) is 1.59. The van der Waals surface area contributed by atoms with E-state index in [2.05, 4.69) is 16.9 Å². The second-order valence-electron chi connectivity index (χ2n) is 3.76. The molecule has 2 rings (SSSR count). The normalized spacial score (nSPS) is 22.8. The van der Waals surface area contributed by atoms with Gasteiger partial charge in [0.05, 0.1) is 5.01 Å². The summed E-state index contributed by atoms with van der Waals surface area (Å²) in [6, 6.07) is 0.626. The molecule has 1 aromatic rings. The van der Waals surface area contributed by atoms with Gasteiger partial charge < -0.3 is 4.90 Å². The monoisotopic (exact) mass is 210 g/mol. The molecule has 1 atom stereocenters. The molecule has 76 valence electrons. The molecule has 1 aromatic heterocycles. The molecule has 3 nitrogen and oxygen atoms in total. The van der Waals surface area contributed by atoms with Crippen LogP contribution in [0.25, 0.3) is 0 Å². The Balaban J connectivity index is 1.99. The molecular weight excluding hydrogens is 196 g/mol. The van der Waals surface area contributed by atoms with Gasteiger partial charge in [-0.1, -0.05) is 0 Å². The highest BCUT2D eigenvalue weighted by molar-refractivity contribution is 7.09. The van der Waals surface area contributed by atoms with Crippen molar-refractivity contribution in [1.82, 2.24) is 9.88 Å². The minimum absolute atomic E-state index is 0.575. The number of likely N-dealkylation sites (tertiary alicyclic amines) is 1. The molecule has 4 heteroatoms. The third-order valence-electron chi connectivity index (χ3n) is 2.77. The molecular formula is C10H14N2OS. The van der Waals surface area contributed by atoms with Crippen molar-refractivity contribution in [3.8, 4) is 0 Å². The number of aromatic nitrogens is 1. The lowest BCUT2D eigenvalue weighted by Gasteiger charge is -2.17. The molecule has 0 spiro atoms. The Labute approximate surface area is 87.8 Å². The summed E-state index contributed by atoms with van der Waals surface area (Å²) < 4.78 is 0. The third kappa shape index (κ3) is 2.01. The van der Waals surface area contributed by atoms with E-state index < -0.39 is 0 Å². The molecule has 1 saturated heterocycles. The van der Waals surface area contributed by atoms with Gasteiger partial charge in [0.15, 0.2) is 6.29 Å². The Morgan fingerprint density at radius 2 is 2.64 bits per heavy atom. The van der Waals surface area contributed by atoms with Crippen molar-refractivity contribution in [2.24, 2.45) is 0 Å². The van der Waals surface area contributed by atoms with Crippen LogP contribution in [0.5, 0.6) is 0 Å². The molecule has 0 bridgehead atoms. The lowest BCUT2D eigenvalue weighted by atomic mass is 10.1. The Kier molecular flexibility index (Phi) is 2.93. The number of carbonyl (C=O) groups excluding carboxylic acids is 1. The zero-order valence-electron chi connectivity index (χ0n) is 8.27. The highest BCUT2D eigenvalue weighted by Crippen LogP contribution is 2.20. The number of carbonyl (C=O) groups is 1. The molecule has 0 radical (unpaired) electrons. The molecule has 14 heavy (non-hydrogen) atoms. The summed E-state index contributed by atoms with van der Waals surface area (Å²) in [5.74, 6) is 0. The van der Waals surface area contributed by atoms with Gasteiger partial charge in [-0.3, -0.25) is 4.79 Å². The quantitative estimate of drug-likeness (QED) is 0.710. The first-order chi connectivity index (χ1) is 6.79. The number of hydrogen-bond donors (Lipinski definition) is 0. The molecule has 1 fully saturated rings. The van der Waals surface area contributed by atoms with E-state index in [9.17, 15) is 4.79 Å². The van der Waals surface area contributed by atoms with Gasteiger partial charge in [0.25, 0.3) is 0 Å².